The van der Waals surface area contributed by atoms with Crippen molar-refractivity contribution in [3.05, 3.63) is 64.1 Å². The smallest absolute Gasteiger partial charge is 0.174 e. The van der Waals surface area contributed by atoms with Crippen molar-refractivity contribution >= 4 is 21.7 Å². The zero-order valence-electron chi connectivity index (χ0n) is 15.0. The topological polar surface area (TPSA) is 75.9 Å². The molecule has 2 N–H and O–H groups in total. The van der Waals surface area contributed by atoms with Crippen molar-refractivity contribution in [1.82, 2.24) is 19.7 Å². The lowest BCUT2D eigenvalue weighted by molar-refractivity contribution is 0.222. The normalized spacial score (nSPS) is 13.4. The maximum absolute atomic E-state index is 9.67. The Balaban J connectivity index is 1.91. The number of aliphatic hydroxyl groups excluding tert-OH is 1. The van der Waals surface area contributed by atoms with Crippen LogP contribution in [0.25, 0.3) is 5.82 Å². The van der Waals surface area contributed by atoms with E-state index in [0.29, 0.717) is 11.6 Å². The number of hydrogen-bond donors (Lipinski definition) is 2. The van der Waals surface area contributed by atoms with Crippen LogP contribution in [-0.4, -0.2) is 31.5 Å². The molecule has 7 heteroatoms. The lowest BCUT2D eigenvalue weighted by Gasteiger charge is -2.25. The number of rotatable bonds is 6. The highest BCUT2D eigenvalue weighted by molar-refractivity contribution is 9.10. The predicted octanol–water partition coefficient (Wildman–Crippen LogP) is 3.82. The van der Waals surface area contributed by atoms with Crippen molar-refractivity contribution in [2.75, 3.05) is 11.9 Å². The van der Waals surface area contributed by atoms with Crippen LogP contribution in [0, 0.1) is 19.8 Å². The Bertz CT molecular complexity index is 878. The summed E-state index contributed by atoms with van der Waals surface area (Å²) >= 11 is 3.46. The maximum atomic E-state index is 9.67. The summed E-state index contributed by atoms with van der Waals surface area (Å²) in [6, 6.07) is 9.97. The summed E-state index contributed by atoms with van der Waals surface area (Å²) in [6.07, 6.45) is 3.37. The number of halogens is 1. The van der Waals surface area contributed by atoms with E-state index in [1.807, 2.05) is 51.1 Å². The van der Waals surface area contributed by atoms with E-state index in [4.69, 9.17) is 0 Å². The van der Waals surface area contributed by atoms with E-state index in [0.717, 1.165) is 21.4 Å². The molecule has 0 amide bonds. The van der Waals surface area contributed by atoms with Gasteiger partial charge in [0.25, 0.3) is 0 Å². The molecule has 0 saturated carbocycles. The third kappa shape index (κ3) is 4.11. The second-order valence-electron chi connectivity index (χ2n) is 6.43. The second kappa shape index (κ2) is 7.97. The van der Waals surface area contributed by atoms with Gasteiger partial charge in [0.1, 0.15) is 5.82 Å². The van der Waals surface area contributed by atoms with Crippen LogP contribution in [0.15, 0.2) is 47.2 Å². The lowest BCUT2D eigenvalue weighted by atomic mass is 9.95. The van der Waals surface area contributed by atoms with Crippen LogP contribution in [0.2, 0.25) is 0 Å². The molecule has 0 fully saturated rings. The Hall–Kier alpha value is -2.25. The molecule has 0 bridgehead atoms. The molecule has 136 valence electrons. The summed E-state index contributed by atoms with van der Waals surface area (Å²) in [6.45, 7) is 6.00. The molecule has 0 aliphatic carbocycles. The molecule has 0 spiro atoms. The van der Waals surface area contributed by atoms with E-state index in [1.165, 1.54) is 0 Å². The molecule has 0 radical (unpaired) electrons. The summed E-state index contributed by atoms with van der Waals surface area (Å²) in [5, 5.41) is 17.5. The van der Waals surface area contributed by atoms with Crippen molar-refractivity contribution in [3.63, 3.8) is 0 Å². The van der Waals surface area contributed by atoms with Gasteiger partial charge in [0.05, 0.1) is 24.1 Å². The van der Waals surface area contributed by atoms with Crippen LogP contribution in [0.3, 0.4) is 0 Å². The standard InChI is InChI=1S/C19H22BrN5O/c1-12(11-26)19(15-4-6-16(20)7-5-15)23-17-9-21-10-18(22-17)25-14(3)8-13(2)24-25/h4-10,12,19,26H,11H2,1-3H3,(H,22,23)/t12-,19-/m1/s1. The monoisotopic (exact) mass is 415 g/mol. The fourth-order valence-corrected chi connectivity index (χ4v) is 3.14. The van der Waals surface area contributed by atoms with Crippen molar-refractivity contribution in [3.8, 4) is 5.82 Å². The number of aryl methyl sites for hydroxylation is 2. The number of benzene rings is 1. The average molecular weight is 416 g/mol. The minimum Gasteiger partial charge on any atom is -0.396 e. The lowest BCUT2D eigenvalue weighted by Crippen LogP contribution is -2.22. The Morgan fingerprint density at radius 3 is 2.54 bits per heavy atom. The van der Waals surface area contributed by atoms with Gasteiger partial charge in [0, 0.05) is 22.7 Å². The van der Waals surface area contributed by atoms with Crippen molar-refractivity contribution < 1.29 is 5.11 Å². The van der Waals surface area contributed by atoms with Gasteiger partial charge in [0.15, 0.2) is 5.82 Å². The first-order valence-corrected chi connectivity index (χ1v) is 9.25. The van der Waals surface area contributed by atoms with Crippen LogP contribution in [-0.2, 0) is 0 Å². The molecule has 0 aliphatic rings. The molecular formula is C19H22BrN5O. The molecule has 2 atom stereocenters. The van der Waals surface area contributed by atoms with Crippen LogP contribution < -0.4 is 5.32 Å². The first kappa shape index (κ1) is 18.5. The molecular weight excluding hydrogens is 394 g/mol. The number of hydrogen-bond acceptors (Lipinski definition) is 5. The number of aromatic nitrogens is 4. The molecule has 0 unspecified atom stereocenters. The van der Waals surface area contributed by atoms with Gasteiger partial charge in [-0.3, -0.25) is 4.98 Å². The van der Waals surface area contributed by atoms with Crippen LogP contribution in [0.1, 0.15) is 29.9 Å². The van der Waals surface area contributed by atoms with Gasteiger partial charge in [-0.15, -0.1) is 0 Å². The van der Waals surface area contributed by atoms with Crippen LogP contribution in [0.5, 0.6) is 0 Å². The summed E-state index contributed by atoms with van der Waals surface area (Å²) in [5.41, 5.74) is 3.01. The maximum Gasteiger partial charge on any atom is 0.174 e. The highest BCUT2D eigenvalue weighted by Gasteiger charge is 2.20. The Kier molecular flexibility index (Phi) is 5.68. The van der Waals surface area contributed by atoms with E-state index >= 15 is 0 Å². The number of aliphatic hydroxyl groups is 1. The predicted molar refractivity (Wildman–Crippen MR) is 105 cm³/mol. The van der Waals surface area contributed by atoms with E-state index < -0.39 is 0 Å². The zero-order valence-corrected chi connectivity index (χ0v) is 16.6. The van der Waals surface area contributed by atoms with Gasteiger partial charge < -0.3 is 10.4 Å². The number of nitrogens with zero attached hydrogens (tertiary/aromatic N) is 4. The molecule has 26 heavy (non-hydrogen) atoms. The molecule has 0 aliphatic heterocycles. The highest BCUT2D eigenvalue weighted by Crippen LogP contribution is 2.27. The van der Waals surface area contributed by atoms with Crippen LogP contribution in [0.4, 0.5) is 5.82 Å². The largest absolute Gasteiger partial charge is 0.396 e. The zero-order chi connectivity index (χ0) is 18.7. The van der Waals surface area contributed by atoms with E-state index in [-0.39, 0.29) is 18.6 Å². The van der Waals surface area contributed by atoms with E-state index in [2.05, 4.69) is 36.3 Å². The third-order valence-corrected chi connectivity index (χ3v) is 4.77. The minimum atomic E-state index is -0.0851. The fourth-order valence-electron chi connectivity index (χ4n) is 2.88. The number of nitrogens with one attached hydrogen (secondary N) is 1. The second-order valence-corrected chi connectivity index (χ2v) is 7.35. The Morgan fingerprint density at radius 2 is 1.92 bits per heavy atom. The molecule has 0 saturated heterocycles. The van der Waals surface area contributed by atoms with E-state index in [9.17, 15) is 5.11 Å². The molecule has 2 aromatic heterocycles. The van der Waals surface area contributed by atoms with Crippen molar-refractivity contribution in [2.24, 2.45) is 5.92 Å². The molecule has 2 heterocycles. The minimum absolute atomic E-state index is 0.00955. The van der Waals surface area contributed by atoms with Gasteiger partial charge in [-0.2, -0.15) is 5.10 Å². The molecule has 6 nitrogen and oxygen atoms in total. The summed E-state index contributed by atoms with van der Waals surface area (Å²) in [7, 11) is 0. The molecule has 3 aromatic rings. The quantitative estimate of drug-likeness (QED) is 0.639. The highest BCUT2D eigenvalue weighted by atomic mass is 79.9. The summed E-state index contributed by atoms with van der Waals surface area (Å²) in [5.74, 6) is 1.31. The van der Waals surface area contributed by atoms with Gasteiger partial charge in [-0.1, -0.05) is 35.0 Å². The molecule has 1 aromatic carbocycles. The van der Waals surface area contributed by atoms with Gasteiger partial charge >= 0.3 is 0 Å². The Morgan fingerprint density at radius 1 is 1.19 bits per heavy atom. The number of anilines is 1. The van der Waals surface area contributed by atoms with E-state index in [1.54, 1.807) is 17.1 Å². The van der Waals surface area contributed by atoms with Gasteiger partial charge in [0.2, 0.25) is 0 Å². The van der Waals surface area contributed by atoms with Gasteiger partial charge in [-0.25, -0.2) is 9.67 Å². The Labute approximate surface area is 161 Å². The fraction of sp³-hybridized carbons (Fsp3) is 0.316. The summed E-state index contributed by atoms with van der Waals surface area (Å²) in [4.78, 5) is 8.95. The first-order valence-electron chi connectivity index (χ1n) is 8.46. The first-order chi connectivity index (χ1) is 12.5. The SMILES string of the molecule is Cc1cc(C)n(-c2cncc(N[C@@H](c3ccc(Br)cc3)[C@H](C)CO)n2)n1. The van der Waals surface area contributed by atoms with Gasteiger partial charge in [-0.05, 0) is 37.6 Å². The average Bonchev–Trinajstić information content (AvgIpc) is 2.98. The third-order valence-electron chi connectivity index (χ3n) is 4.24. The summed E-state index contributed by atoms with van der Waals surface area (Å²) < 4.78 is 2.79. The van der Waals surface area contributed by atoms with Crippen LogP contribution >= 0.6 is 15.9 Å². The van der Waals surface area contributed by atoms with Crippen molar-refractivity contribution in [2.45, 2.75) is 26.8 Å². The van der Waals surface area contributed by atoms with Crippen molar-refractivity contribution in [1.29, 1.82) is 0 Å². The molecule has 3 rings (SSSR count).